The number of rotatable bonds is 4. The number of aromatic hydroxyl groups is 1. The molecule has 90 valence electrons. The zero-order valence-electron chi connectivity index (χ0n) is 9.68. The van der Waals surface area contributed by atoms with Gasteiger partial charge >= 0.3 is 0 Å². The molecule has 0 radical (unpaired) electrons. The molecule has 1 aromatic heterocycles. The molecule has 0 aliphatic rings. The van der Waals surface area contributed by atoms with Crippen molar-refractivity contribution >= 4 is 17.0 Å². The van der Waals surface area contributed by atoms with E-state index in [1.54, 1.807) is 23.5 Å². The van der Waals surface area contributed by atoms with E-state index in [2.05, 4.69) is 12.2 Å². The minimum Gasteiger partial charge on any atom is -0.508 e. The van der Waals surface area contributed by atoms with Gasteiger partial charge < -0.3 is 16.2 Å². The molecule has 1 heterocycles. The monoisotopic (exact) mass is 248 g/mol. The molecular formula is C13H16N2OS. The number of nitrogens with two attached hydrogens (primary N) is 1. The highest BCUT2D eigenvalue weighted by molar-refractivity contribution is 7.10. The van der Waals surface area contributed by atoms with Gasteiger partial charge in [-0.2, -0.15) is 0 Å². The van der Waals surface area contributed by atoms with E-state index in [4.69, 9.17) is 5.73 Å². The van der Waals surface area contributed by atoms with Crippen molar-refractivity contribution in [1.82, 2.24) is 5.32 Å². The second-order valence-electron chi connectivity index (χ2n) is 4.00. The maximum Gasteiger partial charge on any atom is 0.115 e. The first-order valence-corrected chi connectivity index (χ1v) is 6.39. The molecule has 3 nitrogen and oxygen atoms in total. The van der Waals surface area contributed by atoms with E-state index >= 15 is 0 Å². The molecule has 0 saturated carbocycles. The summed E-state index contributed by atoms with van der Waals surface area (Å²) >= 11 is 1.65. The number of anilines is 1. The van der Waals surface area contributed by atoms with Gasteiger partial charge in [0.2, 0.25) is 0 Å². The summed E-state index contributed by atoms with van der Waals surface area (Å²) in [6.45, 7) is 2.82. The lowest BCUT2D eigenvalue weighted by Gasteiger charge is -2.14. The molecule has 2 aromatic rings. The molecule has 4 N–H and O–H groups in total. The smallest absolute Gasteiger partial charge is 0.115 e. The van der Waals surface area contributed by atoms with Crippen LogP contribution in [0.15, 0.2) is 35.7 Å². The Morgan fingerprint density at radius 1 is 1.41 bits per heavy atom. The predicted molar refractivity (Wildman–Crippen MR) is 72.1 cm³/mol. The van der Waals surface area contributed by atoms with Crippen LogP contribution < -0.4 is 11.1 Å². The third kappa shape index (κ3) is 2.99. The van der Waals surface area contributed by atoms with Crippen molar-refractivity contribution in [2.75, 3.05) is 5.73 Å². The number of phenols is 1. The van der Waals surface area contributed by atoms with Gasteiger partial charge in [-0.05, 0) is 36.1 Å². The molecule has 4 heteroatoms. The Kier molecular flexibility index (Phi) is 3.66. The van der Waals surface area contributed by atoms with Crippen LogP contribution in [0.5, 0.6) is 5.75 Å². The van der Waals surface area contributed by atoms with E-state index < -0.39 is 0 Å². The Hall–Kier alpha value is -1.52. The van der Waals surface area contributed by atoms with Gasteiger partial charge in [0.25, 0.3) is 0 Å². The standard InChI is InChI=1S/C13H16N2OS/c1-9(10-3-2-4-11(16)7-10)15-8-13-12(14)5-6-17-13/h2-7,9,15-16H,8,14H2,1H3. The Morgan fingerprint density at radius 2 is 2.24 bits per heavy atom. The number of thiophene rings is 1. The number of benzene rings is 1. The second-order valence-corrected chi connectivity index (χ2v) is 5.00. The molecule has 0 fully saturated rings. The molecule has 1 aromatic carbocycles. The molecule has 1 unspecified atom stereocenters. The van der Waals surface area contributed by atoms with Crippen LogP contribution in [0, 0.1) is 0 Å². The molecule has 0 bridgehead atoms. The average molecular weight is 248 g/mol. The van der Waals surface area contributed by atoms with Crippen LogP contribution in [0.1, 0.15) is 23.4 Å². The third-order valence-corrected chi connectivity index (χ3v) is 3.66. The molecule has 0 spiro atoms. The fourth-order valence-corrected chi connectivity index (χ4v) is 2.40. The summed E-state index contributed by atoms with van der Waals surface area (Å²) in [5.74, 6) is 0.298. The first-order valence-electron chi connectivity index (χ1n) is 5.51. The fourth-order valence-electron chi connectivity index (χ4n) is 1.65. The second kappa shape index (κ2) is 5.21. The summed E-state index contributed by atoms with van der Waals surface area (Å²) in [6.07, 6.45) is 0. The SMILES string of the molecule is CC(NCc1sccc1N)c1cccc(O)c1. The van der Waals surface area contributed by atoms with Crippen LogP contribution in [-0.2, 0) is 6.54 Å². The third-order valence-electron chi connectivity index (χ3n) is 2.72. The summed E-state index contributed by atoms with van der Waals surface area (Å²) in [5.41, 5.74) is 7.73. The van der Waals surface area contributed by atoms with Gasteiger partial charge in [0.15, 0.2) is 0 Å². The van der Waals surface area contributed by atoms with Gasteiger partial charge in [-0.15, -0.1) is 11.3 Å². The number of nitrogens with one attached hydrogen (secondary N) is 1. The van der Waals surface area contributed by atoms with Crippen molar-refractivity contribution in [3.63, 3.8) is 0 Å². The lowest BCUT2D eigenvalue weighted by Crippen LogP contribution is -2.17. The molecule has 0 aliphatic heterocycles. The number of hydrogen-bond donors (Lipinski definition) is 3. The van der Waals surface area contributed by atoms with Gasteiger partial charge in [0, 0.05) is 23.2 Å². The quantitative estimate of drug-likeness (QED) is 0.779. The van der Waals surface area contributed by atoms with E-state index in [1.807, 2.05) is 23.6 Å². The molecule has 1 atom stereocenters. The van der Waals surface area contributed by atoms with Crippen LogP contribution in [0.25, 0.3) is 0 Å². The van der Waals surface area contributed by atoms with Crippen LogP contribution in [0.4, 0.5) is 5.69 Å². The van der Waals surface area contributed by atoms with Crippen molar-refractivity contribution < 1.29 is 5.11 Å². The number of hydrogen-bond acceptors (Lipinski definition) is 4. The lowest BCUT2D eigenvalue weighted by atomic mass is 10.1. The van der Waals surface area contributed by atoms with Gasteiger partial charge in [-0.1, -0.05) is 12.1 Å². The Labute approximate surface area is 105 Å². The topological polar surface area (TPSA) is 58.3 Å². The van der Waals surface area contributed by atoms with Gasteiger partial charge in [-0.25, -0.2) is 0 Å². The van der Waals surface area contributed by atoms with Gasteiger partial charge in [0.1, 0.15) is 5.75 Å². The molecule has 0 aliphatic carbocycles. The summed E-state index contributed by atoms with van der Waals surface area (Å²) < 4.78 is 0. The van der Waals surface area contributed by atoms with Crippen molar-refractivity contribution in [3.05, 3.63) is 46.2 Å². The number of phenolic OH excluding ortho intramolecular Hbond substituents is 1. The highest BCUT2D eigenvalue weighted by atomic mass is 32.1. The maximum absolute atomic E-state index is 9.41. The summed E-state index contributed by atoms with van der Waals surface area (Å²) in [4.78, 5) is 1.15. The summed E-state index contributed by atoms with van der Waals surface area (Å²) in [6, 6.07) is 9.39. The lowest BCUT2D eigenvalue weighted by molar-refractivity contribution is 0.472. The van der Waals surface area contributed by atoms with E-state index in [-0.39, 0.29) is 6.04 Å². The fraction of sp³-hybridized carbons (Fsp3) is 0.231. The van der Waals surface area contributed by atoms with E-state index in [9.17, 15) is 5.11 Å². The maximum atomic E-state index is 9.41. The van der Waals surface area contributed by atoms with Crippen LogP contribution in [-0.4, -0.2) is 5.11 Å². The van der Waals surface area contributed by atoms with Crippen molar-refractivity contribution in [1.29, 1.82) is 0 Å². The van der Waals surface area contributed by atoms with Crippen LogP contribution >= 0.6 is 11.3 Å². The first kappa shape index (κ1) is 12.0. The Morgan fingerprint density at radius 3 is 2.88 bits per heavy atom. The minimum absolute atomic E-state index is 0.184. The molecule has 17 heavy (non-hydrogen) atoms. The predicted octanol–water partition coefficient (Wildman–Crippen LogP) is 2.89. The van der Waals surface area contributed by atoms with Crippen LogP contribution in [0.2, 0.25) is 0 Å². The van der Waals surface area contributed by atoms with Crippen molar-refractivity contribution in [3.8, 4) is 5.75 Å². The van der Waals surface area contributed by atoms with Gasteiger partial charge in [-0.3, -0.25) is 0 Å². The van der Waals surface area contributed by atoms with E-state index in [0.29, 0.717) is 5.75 Å². The van der Waals surface area contributed by atoms with Crippen LogP contribution in [0.3, 0.4) is 0 Å². The van der Waals surface area contributed by atoms with E-state index in [1.165, 1.54) is 0 Å². The average Bonchev–Trinajstić information content (AvgIpc) is 2.72. The Balaban J connectivity index is 1.98. The molecule has 0 amide bonds. The number of nitrogen functional groups attached to an aromatic ring is 1. The molecule has 0 saturated heterocycles. The van der Waals surface area contributed by atoms with E-state index in [0.717, 1.165) is 22.7 Å². The molecule has 2 rings (SSSR count). The largest absolute Gasteiger partial charge is 0.508 e. The van der Waals surface area contributed by atoms with Crippen molar-refractivity contribution in [2.24, 2.45) is 0 Å². The summed E-state index contributed by atoms with van der Waals surface area (Å²) in [7, 11) is 0. The van der Waals surface area contributed by atoms with Gasteiger partial charge in [0.05, 0.1) is 0 Å². The van der Waals surface area contributed by atoms with Crippen molar-refractivity contribution in [2.45, 2.75) is 19.5 Å². The normalized spacial score (nSPS) is 12.5. The minimum atomic E-state index is 0.184. The zero-order valence-corrected chi connectivity index (χ0v) is 10.5. The summed E-state index contributed by atoms with van der Waals surface area (Å²) in [5, 5.41) is 14.8. The highest BCUT2D eigenvalue weighted by Gasteiger charge is 2.07. The molecular weight excluding hydrogens is 232 g/mol. The first-order chi connectivity index (χ1) is 8.16. The zero-order chi connectivity index (χ0) is 12.3. The highest BCUT2D eigenvalue weighted by Crippen LogP contribution is 2.21. The Bertz CT molecular complexity index is 496.